The second-order valence-corrected chi connectivity index (χ2v) is 4.39. The van der Waals surface area contributed by atoms with Crippen molar-refractivity contribution in [3.05, 3.63) is 65.5 Å². The molecule has 0 aliphatic heterocycles. The first-order valence-corrected chi connectivity index (χ1v) is 6.37. The van der Waals surface area contributed by atoms with Crippen molar-refractivity contribution in [1.29, 1.82) is 5.26 Å². The number of halogens is 1. The largest absolute Gasteiger partial charge is 0.396 e. The summed E-state index contributed by atoms with van der Waals surface area (Å²) in [7, 11) is 0. The fourth-order valence-corrected chi connectivity index (χ4v) is 2.08. The zero-order valence-electron chi connectivity index (χ0n) is 10.9. The van der Waals surface area contributed by atoms with Gasteiger partial charge in [-0.3, -0.25) is 0 Å². The quantitative estimate of drug-likeness (QED) is 0.877. The number of nitrogens with one attached hydrogen (secondary N) is 1. The molecule has 0 heterocycles. The first-order chi connectivity index (χ1) is 9.76. The molecule has 3 nitrogen and oxygen atoms in total. The van der Waals surface area contributed by atoms with Crippen LogP contribution in [0.15, 0.2) is 48.5 Å². The zero-order valence-corrected chi connectivity index (χ0v) is 10.9. The molecule has 0 aliphatic carbocycles. The van der Waals surface area contributed by atoms with E-state index in [-0.39, 0.29) is 18.2 Å². The lowest BCUT2D eigenvalue weighted by atomic mass is 10.0. The van der Waals surface area contributed by atoms with E-state index in [1.807, 2.05) is 36.4 Å². The van der Waals surface area contributed by atoms with Crippen LogP contribution in [0.2, 0.25) is 0 Å². The van der Waals surface area contributed by atoms with Gasteiger partial charge in [-0.15, -0.1) is 0 Å². The number of nitriles is 1. The fourth-order valence-electron chi connectivity index (χ4n) is 2.08. The molecule has 0 saturated heterocycles. The summed E-state index contributed by atoms with van der Waals surface area (Å²) >= 11 is 0. The molecule has 0 spiro atoms. The second kappa shape index (κ2) is 6.69. The van der Waals surface area contributed by atoms with Crippen molar-refractivity contribution >= 4 is 5.69 Å². The van der Waals surface area contributed by atoms with Gasteiger partial charge in [0.1, 0.15) is 17.4 Å². The van der Waals surface area contributed by atoms with E-state index in [1.54, 1.807) is 12.1 Å². The van der Waals surface area contributed by atoms with Gasteiger partial charge in [0, 0.05) is 6.61 Å². The third-order valence-corrected chi connectivity index (χ3v) is 3.07. The third kappa shape index (κ3) is 3.14. The maximum atomic E-state index is 13.6. The Balaban J connectivity index is 2.30. The van der Waals surface area contributed by atoms with E-state index in [4.69, 9.17) is 5.26 Å². The van der Waals surface area contributed by atoms with Crippen molar-refractivity contribution in [2.75, 3.05) is 11.9 Å². The summed E-state index contributed by atoms with van der Waals surface area (Å²) in [6.45, 7) is 0.00373. The van der Waals surface area contributed by atoms with E-state index >= 15 is 0 Å². The van der Waals surface area contributed by atoms with Crippen LogP contribution in [-0.4, -0.2) is 11.7 Å². The number of anilines is 1. The van der Waals surface area contributed by atoms with Gasteiger partial charge in [-0.1, -0.05) is 36.4 Å². The third-order valence-electron chi connectivity index (χ3n) is 3.07. The highest BCUT2D eigenvalue weighted by Crippen LogP contribution is 2.25. The van der Waals surface area contributed by atoms with Crippen LogP contribution < -0.4 is 5.32 Å². The van der Waals surface area contributed by atoms with Crippen molar-refractivity contribution in [1.82, 2.24) is 0 Å². The van der Waals surface area contributed by atoms with Crippen LogP contribution in [0.1, 0.15) is 23.6 Å². The van der Waals surface area contributed by atoms with Gasteiger partial charge in [-0.25, -0.2) is 4.39 Å². The smallest absolute Gasteiger partial charge is 0.143 e. The Kier molecular flexibility index (Phi) is 4.70. The van der Waals surface area contributed by atoms with E-state index in [9.17, 15) is 9.50 Å². The molecule has 2 aromatic carbocycles. The topological polar surface area (TPSA) is 56.0 Å². The first-order valence-electron chi connectivity index (χ1n) is 6.37. The molecule has 2 rings (SSSR count). The van der Waals surface area contributed by atoms with Crippen molar-refractivity contribution in [3.8, 4) is 6.07 Å². The van der Waals surface area contributed by atoms with Gasteiger partial charge < -0.3 is 10.4 Å². The van der Waals surface area contributed by atoms with Crippen LogP contribution in [0.25, 0.3) is 0 Å². The van der Waals surface area contributed by atoms with E-state index < -0.39 is 5.82 Å². The summed E-state index contributed by atoms with van der Waals surface area (Å²) < 4.78 is 13.6. The molecule has 1 atom stereocenters. The van der Waals surface area contributed by atoms with Gasteiger partial charge in [0.05, 0.1) is 11.7 Å². The Labute approximate surface area is 117 Å². The summed E-state index contributed by atoms with van der Waals surface area (Å²) in [6, 6.07) is 15.7. The summed E-state index contributed by atoms with van der Waals surface area (Å²) in [4.78, 5) is 0. The zero-order chi connectivity index (χ0) is 14.4. The van der Waals surface area contributed by atoms with Gasteiger partial charge in [0.15, 0.2) is 0 Å². The number of aliphatic hydroxyl groups excluding tert-OH is 1. The second-order valence-electron chi connectivity index (χ2n) is 4.39. The Hall–Kier alpha value is -2.38. The van der Waals surface area contributed by atoms with Crippen LogP contribution >= 0.6 is 0 Å². The Morgan fingerprint density at radius 3 is 2.55 bits per heavy atom. The van der Waals surface area contributed by atoms with Crippen molar-refractivity contribution in [3.63, 3.8) is 0 Å². The van der Waals surface area contributed by atoms with Gasteiger partial charge in [0.2, 0.25) is 0 Å². The predicted molar refractivity (Wildman–Crippen MR) is 75.6 cm³/mol. The minimum absolute atomic E-state index is 0.00373. The predicted octanol–water partition coefficient (Wildman–Crippen LogP) is 3.23. The molecular formula is C16H15FN2O. The van der Waals surface area contributed by atoms with E-state index in [1.165, 1.54) is 6.07 Å². The highest BCUT2D eigenvalue weighted by molar-refractivity contribution is 5.59. The van der Waals surface area contributed by atoms with Gasteiger partial charge in [-0.2, -0.15) is 5.26 Å². The van der Waals surface area contributed by atoms with Crippen LogP contribution in [0, 0.1) is 17.1 Å². The Bertz CT molecular complexity index is 608. The summed E-state index contributed by atoms with van der Waals surface area (Å²) in [5.74, 6) is -0.548. The van der Waals surface area contributed by atoms with Crippen LogP contribution in [0.5, 0.6) is 0 Å². The van der Waals surface area contributed by atoms with Crippen molar-refractivity contribution < 1.29 is 9.50 Å². The van der Waals surface area contributed by atoms with E-state index in [2.05, 4.69) is 5.32 Å². The molecule has 20 heavy (non-hydrogen) atoms. The molecule has 4 heteroatoms. The first kappa shape index (κ1) is 14.0. The lowest BCUT2D eigenvalue weighted by Gasteiger charge is -2.20. The highest BCUT2D eigenvalue weighted by atomic mass is 19.1. The molecule has 0 bridgehead atoms. The molecule has 2 aromatic rings. The lowest BCUT2D eigenvalue weighted by Crippen LogP contribution is -2.13. The normalized spacial score (nSPS) is 11.7. The monoisotopic (exact) mass is 270 g/mol. The molecule has 0 amide bonds. The minimum Gasteiger partial charge on any atom is -0.396 e. The fraction of sp³-hybridized carbons (Fsp3) is 0.188. The molecule has 102 valence electrons. The average Bonchev–Trinajstić information content (AvgIpc) is 2.48. The summed E-state index contributed by atoms with van der Waals surface area (Å²) in [5, 5.41) is 21.3. The van der Waals surface area contributed by atoms with E-state index in [0.29, 0.717) is 12.1 Å². The van der Waals surface area contributed by atoms with Gasteiger partial charge >= 0.3 is 0 Å². The standard InChI is InChI=1S/C16H15FN2O/c17-14-7-4-8-16(13(14)11-18)19-15(9-10-20)12-5-2-1-3-6-12/h1-8,15,19-20H,9-10H2/t15-/m1/s1. The molecule has 0 radical (unpaired) electrons. The van der Waals surface area contributed by atoms with Crippen molar-refractivity contribution in [2.45, 2.75) is 12.5 Å². The Morgan fingerprint density at radius 1 is 1.15 bits per heavy atom. The molecule has 0 aliphatic rings. The lowest BCUT2D eigenvalue weighted by molar-refractivity contribution is 0.280. The SMILES string of the molecule is N#Cc1c(F)cccc1N[C@H](CCO)c1ccccc1. The van der Waals surface area contributed by atoms with Gasteiger partial charge in [0.25, 0.3) is 0 Å². The highest BCUT2D eigenvalue weighted by Gasteiger charge is 2.14. The van der Waals surface area contributed by atoms with Crippen LogP contribution in [0.3, 0.4) is 0 Å². The molecule has 0 saturated carbocycles. The van der Waals surface area contributed by atoms with Crippen molar-refractivity contribution in [2.24, 2.45) is 0 Å². The maximum Gasteiger partial charge on any atom is 0.143 e. The molecule has 2 N–H and O–H groups in total. The number of benzene rings is 2. The average molecular weight is 270 g/mol. The van der Waals surface area contributed by atoms with Crippen LogP contribution in [0.4, 0.5) is 10.1 Å². The molecular weight excluding hydrogens is 255 g/mol. The minimum atomic E-state index is -0.548. The number of nitrogens with zero attached hydrogens (tertiary/aromatic N) is 1. The number of aliphatic hydroxyl groups is 1. The summed E-state index contributed by atoms with van der Waals surface area (Å²) in [6.07, 6.45) is 0.478. The molecule has 0 aromatic heterocycles. The summed E-state index contributed by atoms with van der Waals surface area (Å²) in [5.41, 5.74) is 1.41. The maximum absolute atomic E-state index is 13.6. The molecule has 0 unspecified atom stereocenters. The number of hydrogen-bond acceptors (Lipinski definition) is 3. The molecule has 0 fully saturated rings. The van der Waals surface area contributed by atoms with Crippen LogP contribution in [-0.2, 0) is 0 Å². The number of rotatable bonds is 5. The van der Waals surface area contributed by atoms with Gasteiger partial charge in [-0.05, 0) is 24.1 Å². The number of hydrogen-bond donors (Lipinski definition) is 2. The van der Waals surface area contributed by atoms with E-state index in [0.717, 1.165) is 5.56 Å². The Morgan fingerprint density at radius 2 is 1.90 bits per heavy atom.